The van der Waals surface area contributed by atoms with Crippen molar-refractivity contribution in [3.05, 3.63) is 24.0 Å². The Morgan fingerprint density at radius 2 is 2.18 bits per heavy atom. The second kappa shape index (κ2) is 6.89. The van der Waals surface area contributed by atoms with Crippen molar-refractivity contribution in [2.45, 2.75) is 26.2 Å². The minimum absolute atomic E-state index is 0.502. The van der Waals surface area contributed by atoms with Crippen LogP contribution >= 0.6 is 0 Å². The normalized spacial score (nSPS) is 17.2. The van der Waals surface area contributed by atoms with Crippen molar-refractivity contribution >= 4 is 12.7 Å². The van der Waals surface area contributed by atoms with Gasteiger partial charge < -0.3 is 9.80 Å². The second-order valence-corrected chi connectivity index (χ2v) is 4.18. The van der Waals surface area contributed by atoms with Gasteiger partial charge in [-0.3, -0.25) is 9.59 Å². The van der Waals surface area contributed by atoms with Gasteiger partial charge in [-0.15, -0.1) is 0 Å². The summed E-state index contributed by atoms with van der Waals surface area (Å²) in [5, 5.41) is 0. The van der Waals surface area contributed by atoms with Crippen molar-refractivity contribution in [2.75, 3.05) is 19.6 Å². The Morgan fingerprint density at radius 1 is 1.41 bits per heavy atom. The summed E-state index contributed by atoms with van der Waals surface area (Å²) in [5.74, 6) is 0. The van der Waals surface area contributed by atoms with Crippen LogP contribution in [0.2, 0.25) is 0 Å². The molecule has 0 bridgehead atoms. The van der Waals surface area contributed by atoms with Gasteiger partial charge in [0, 0.05) is 18.8 Å². The summed E-state index contributed by atoms with van der Waals surface area (Å²) >= 11 is 0. The lowest BCUT2D eigenvalue weighted by molar-refractivity contribution is -0.118. The molecule has 0 atom stereocenters. The molecule has 4 heteroatoms. The van der Waals surface area contributed by atoms with Gasteiger partial charge in [0.2, 0.25) is 6.41 Å². The first-order valence-electron chi connectivity index (χ1n) is 6.03. The van der Waals surface area contributed by atoms with Gasteiger partial charge in [0.05, 0.1) is 12.2 Å². The molecule has 1 saturated heterocycles. The van der Waals surface area contributed by atoms with Crippen molar-refractivity contribution in [2.24, 2.45) is 0 Å². The maximum atomic E-state index is 11.1. The van der Waals surface area contributed by atoms with Crippen molar-refractivity contribution in [3.8, 4) is 0 Å². The number of piperazine rings is 1. The highest BCUT2D eigenvalue weighted by atomic mass is 16.1. The number of amides is 1. The van der Waals surface area contributed by atoms with Gasteiger partial charge in [-0.1, -0.05) is 26.0 Å². The summed E-state index contributed by atoms with van der Waals surface area (Å²) in [7, 11) is 0. The van der Waals surface area contributed by atoms with Crippen molar-refractivity contribution in [1.82, 2.24) is 9.80 Å². The van der Waals surface area contributed by atoms with Gasteiger partial charge in [0.1, 0.15) is 0 Å². The molecule has 1 rings (SSSR count). The number of hydrogen-bond donors (Lipinski definition) is 0. The lowest BCUT2D eigenvalue weighted by Crippen LogP contribution is -2.43. The second-order valence-electron chi connectivity index (χ2n) is 4.18. The lowest BCUT2D eigenvalue weighted by atomic mass is 10.2. The first kappa shape index (κ1) is 13.5. The number of nitrogens with zero attached hydrogens (tertiary/aromatic N) is 2. The molecule has 1 fully saturated rings. The van der Waals surface area contributed by atoms with Crippen LogP contribution in [0, 0.1) is 0 Å². The quantitative estimate of drug-likeness (QED) is 0.399. The highest BCUT2D eigenvalue weighted by molar-refractivity contribution is 5.73. The van der Waals surface area contributed by atoms with E-state index in [0.29, 0.717) is 25.3 Å². The molecule has 0 N–H and O–H groups in total. The summed E-state index contributed by atoms with van der Waals surface area (Å²) < 4.78 is 0. The third kappa shape index (κ3) is 3.73. The first-order chi connectivity index (χ1) is 8.22. The Bertz CT molecular complexity index is 323. The third-order valence-corrected chi connectivity index (χ3v) is 2.87. The zero-order chi connectivity index (χ0) is 12.7. The highest BCUT2D eigenvalue weighted by Gasteiger charge is 2.20. The average molecular weight is 236 g/mol. The van der Waals surface area contributed by atoms with Crippen LogP contribution < -0.4 is 0 Å². The average Bonchev–Trinajstić information content (AvgIpc) is 2.35. The summed E-state index contributed by atoms with van der Waals surface area (Å²) in [6, 6.07) is 0. The highest BCUT2D eigenvalue weighted by Crippen LogP contribution is 2.16. The number of carbonyl (C=O) groups excluding carboxylic acids is 2. The molecule has 0 radical (unpaired) electrons. The van der Waals surface area contributed by atoms with Gasteiger partial charge in [-0.05, 0) is 12.8 Å². The Morgan fingerprint density at radius 3 is 2.71 bits per heavy atom. The molecule has 1 aliphatic heterocycles. The van der Waals surface area contributed by atoms with Gasteiger partial charge in [-0.2, -0.15) is 0 Å². The molecule has 0 spiro atoms. The van der Waals surface area contributed by atoms with E-state index >= 15 is 0 Å². The molecule has 0 unspecified atom stereocenters. The fourth-order valence-electron chi connectivity index (χ4n) is 1.86. The van der Waals surface area contributed by atoms with Crippen LogP contribution in [0.5, 0.6) is 0 Å². The number of unbranched alkanes of at least 4 members (excludes halogenated alkanes) is 2. The summed E-state index contributed by atoms with van der Waals surface area (Å²) in [6.07, 6.45) is 6.76. The maximum absolute atomic E-state index is 11.1. The molecular weight excluding hydrogens is 216 g/mol. The van der Waals surface area contributed by atoms with Gasteiger partial charge in [0.15, 0.2) is 6.29 Å². The molecule has 0 saturated carbocycles. The maximum Gasteiger partial charge on any atom is 0.210 e. The van der Waals surface area contributed by atoms with Crippen LogP contribution in [0.3, 0.4) is 0 Å². The molecule has 94 valence electrons. The Labute approximate surface area is 103 Å². The number of hydrogen-bond acceptors (Lipinski definition) is 3. The lowest BCUT2D eigenvalue weighted by Gasteiger charge is -2.35. The minimum atomic E-state index is 0.502. The summed E-state index contributed by atoms with van der Waals surface area (Å²) in [4.78, 5) is 25.3. The fourth-order valence-corrected chi connectivity index (χ4v) is 1.86. The van der Waals surface area contributed by atoms with Crippen molar-refractivity contribution < 1.29 is 9.59 Å². The molecule has 4 nitrogen and oxygen atoms in total. The van der Waals surface area contributed by atoms with E-state index < -0.39 is 0 Å². The van der Waals surface area contributed by atoms with E-state index in [4.69, 9.17) is 0 Å². The molecule has 0 aromatic rings. The van der Waals surface area contributed by atoms with E-state index in [1.165, 1.54) is 0 Å². The standard InChI is InChI=1S/C13H20N2O2/c1-3-4-5-6-13(10-16)15-8-7-14(11-17)9-12(15)2/h6,10-11H,2-5,7-9H2,1H3/b13-6-. The van der Waals surface area contributed by atoms with Crippen LogP contribution in [0.1, 0.15) is 26.2 Å². The zero-order valence-corrected chi connectivity index (χ0v) is 10.4. The van der Waals surface area contributed by atoms with E-state index in [-0.39, 0.29) is 0 Å². The van der Waals surface area contributed by atoms with E-state index in [1.807, 2.05) is 11.0 Å². The number of carbonyl (C=O) groups is 2. The van der Waals surface area contributed by atoms with E-state index in [2.05, 4.69) is 13.5 Å². The largest absolute Gasteiger partial charge is 0.340 e. The minimum Gasteiger partial charge on any atom is -0.340 e. The molecule has 0 aromatic heterocycles. The molecule has 0 aromatic carbocycles. The van der Waals surface area contributed by atoms with Gasteiger partial charge in [-0.25, -0.2) is 0 Å². The van der Waals surface area contributed by atoms with Crippen molar-refractivity contribution in [3.63, 3.8) is 0 Å². The van der Waals surface area contributed by atoms with E-state index in [0.717, 1.165) is 37.7 Å². The van der Waals surface area contributed by atoms with Crippen LogP contribution in [0.25, 0.3) is 0 Å². The van der Waals surface area contributed by atoms with Crippen molar-refractivity contribution in [1.29, 1.82) is 0 Å². The fraction of sp³-hybridized carbons (Fsp3) is 0.538. The topological polar surface area (TPSA) is 40.6 Å². The molecular formula is C13H20N2O2. The van der Waals surface area contributed by atoms with Crippen LogP contribution in [0.4, 0.5) is 0 Å². The van der Waals surface area contributed by atoms with E-state index in [1.54, 1.807) is 4.90 Å². The summed E-state index contributed by atoms with van der Waals surface area (Å²) in [5.41, 5.74) is 1.48. The molecule has 17 heavy (non-hydrogen) atoms. The monoisotopic (exact) mass is 236 g/mol. The predicted molar refractivity (Wildman–Crippen MR) is 67.2 cm³/mol. The van der Waals surface area contributed by atoms with Gasteiger partial charge in [0.25, 0.3) is 0 Å². The van der Waals surface area contributed by atoms with Crippen LogP contribution in [0.15, 0.2) is 24.0 Å². The molecule has 1 aliphatic rings. The Hall–Kier alpha value is -1.58. The predicted octanol–water partition coefficient (Wildman–Crippen LogP) is 1.55. The smallest absolute Gasteiger partial charge is 0.210 e. The Balaban J connectivity index is 2.64. The van der Waals surface area contributed by atoms with Crippen LogP contribution in [-0.4, -0.2) is 42.1 Å². The molecule has 1 amide bonds. The van der Waals surface area contributed by atoms with E-state index in [9.17, 15) is 9.59 Å². The van der Waals surface area contributed by atoms with Crippen LogP contribution in [-0.2, 0) is 9.59 Å². The Kier molecular flexibility index (Phi) is 5.46. The molecule has 0 aliphatic carbocycles. The molecule has 1 heterocycles. The number of aldehydes is 1. The SMILES string of the molecule is C=C1CN(C=O)CCN1/C(C=O)=C\CCCC. The van der Waals surface area contributed by atoms with Gasteiger partial charge >= 0.3 is 0 Å². The number of rotatable bonds is 6. The zero-order valence-electron chi connectivity index (χ0n) is 10.4. The third-order valence-electron chi connectivity index (χ3n) is 2.87. The number of allylic oxidation sites excluding steroid dienone is 2. The summed E-state index contributed by atoms with van der Waals surface area (Å²) in [6.45, 7) is 7.83. The first-order valence-corrected chi connectivity index (χ1v) is 6.03.